The largest absolute Gasteiger partial charge is 0.497 e. The van der Waals surface area contributed by atoms with Crippen LogP contribution in [-0.4, -0.2) is 7.11 Å². The zero-order valence-corrected chi connectivity index (χ0v) is 7.51. The van der Waals surface area contributed by atoms with Gasteiger partial charge in [0, 0.05) is 0 Å². The molecule has 1 rings (SSSR count). The molecule has 0 N–H and O–H groups in total. The van der Waals surface area contributed by atoms with E-state index < -0.39 is 0 Å². The summed E-state index contributed by atoms with van der Waals surface area (Å²) in [6, 6.07) is 5.81. The van der Waals surface area contributed by atoms with Gasteiger partial charge in [0.05, 0.1) is 18.7 Å². The average molecular weight is 161 g/mol. The van der Waals surface area contributed by atoms with E-state index in [0.717, 1.165) is 16.9 Å². The maximum atomic E-state index is 8.76. The molecule has 0 spiro atoms. The Morgan fingerprint density at radius 3 is 2.50 bits per heavy atom. The van der Waals surface area contributed by atoms with Crippen molar-refractivity contribution in [3.63, 3.8) is 0 Å². The zero-order valence-electron chi connectivity index (χ0n) is 7.51. The Balaban J connectivity index is 3.31. The number of hydrogen-bond donors (Lipinski definition) is 0. The molecule has 0 saturated carbocycles. The summed E-state index contributed by atoms with van der Waals surface area (Å²) >= 11 is 0. The first kappa shape index (κ1) is 8.61. The topological polar surface area (TPSA) is 33.0 Å². The smallest absolute Gasteiger partial charge is 0.120 e. The van der Waals surface area contributed by atoms with Crippen molar-refractivity contribution in [1.82, 2.24) is 0 Å². The van der Waals surface area contributed by atoms with Crippen molar-refractivity contribution in [3.05, 3.63) is 28.8 Å². The Hall–Kier alpha value is -1.49. The molecule has 0 bridgehead atoms. The molecule has 2 heteroatoms. The fourth-order valence-electron chi connectivity index (χ4n) is 1.06. The van der Waals surface area contributed by atoms with Crippen LogP contribution in [0.15, 0.2) is 12.1 Å². The molecule has 2 nitrogen and oxygen atoms in total. The van der Waals surface area contributed by atoms with Crippen LogP contribution >= 0.6 is 0 Å². The molecule has 0 saturated heterocycles. The van der Waals surface area contributed by atoms with Gasteiger partial charge >= 0.3 is 0 Å². The highest BCUT2D eigenvalue weighted by molar-refractivity contribution is 5.46. The minimum Gasteiger partial charge on any atom is -0.497 e. The summed E-state index contributed by atoms with van der Waals surface area (Å²) in [5, 5.41) is 8.76. The van der Waals surface area contributed by atoms with Gasteiger partial charge in [0.25, 0.3) is 0 Å². The van der Waals surface area contributed by atoms with Crippen molar-refractivity contribution >= 4 is 0 Å². The Kier molecular flexibility index (Phi) is 2.35. The molecule has 12 heavy (non-hydrogen) atoms. The lowest BCUT2D eigenvalue weighted by molar-refractivity contribution is 0.414. The predicted octanol–water partition coefficient (Wildman–Crippen LogP) is 2.18. The number of benzene rings is 1. The predicted molar refractivity (Wildman–Crippen MR) is 47.2 cm³/mol. The highest BCUT2D eigenvalue weighted by Gasteiger charge is 2.02. The normalized spacial score (nSPS) is 9.17. The van der Waals surface area contributed by atoms with E-state index in [4.69, 9.17) is 10.00 Å². The summed E-state index contributed by atoms with van der Waals surface area (Å²) in [5.41, 5.74) is 2.80. The molecule has 0 aliphatic rings. The van der Waals surface area contributed by atoms with Crippen LogP contribution in [0.25, 0.3) is 0 Å². The van der Waals surface area contributed by atoms with Crippen LogP contribution in [0.3, 0.4) is 0 Å². The van der Waals surface area contributed by atoms with E-state index in [0.29, 0.717) is 5.56 Å². The maximum absolute atomic E-state index is 8.76. The molecule has 0 amide bonds. The van der Waals surface area contributed by atoms with Crippen LogP contribution < -0.4 is 4.74 Å². The van der Waals surface area contributed by atoms with Gasteiger partial charge in [-0.05, 0) is 37.1 Å². The van der Waals surface area contributed by atoms with Crippen molar-refractivity contribution in [2.24, 2.45) is 0 Å². The van der Waals surface area contributed by atoms with Crippen molar-refractivity contribution in [2.75, 3.05) is 7.11 Å². The second kappa shape index (κ2) is 3.27. The summed E-state index contributed by atoms with van der Waals surface area (Å²) < 4.78 is 5.04. The second-order valence-electron chi connectivity index (χ2n) is 2.73. The SMILES string of the molecule is COc1cc(C)c(C)c(C#N)c1. The summed E-state index contributed by atoms with van der Waals surface area (Å²) in [4.78, 5) is 0. The van der Waals surface area contributed by atoms with Crippen molar-refractivity contribution < 1.29 is 4.74 Å². The van der Waals surface area contributed by atoms with E-state index >= 15 is 0 Å². The van der Waals surface area contributed by atoms with Crippen molar-refractivity contribution in [1.29, 1.82) is 5.26 Å². The minimum atomic E-state index is 0.687. The van der Waals surface area contributed by atoms with E-state index in [-0.39, 0.29) is 0 Å². The molecule has 0 heterocycles. The Morgan fingerprint density at radius 1 is 1.33 bits per heavy atom. The summed E-state index contributed by atoms with van der Waals surface area (Å²) in [6.07, 6.45) is 0. The molecule has 0 aliphatic carbocycles. The first-order valence-corrected chi connectivity index (χ1v) is 3.74. The molecule has 0 atom stereocenters. The molecule has 1 aromatic carbocycles. The highest BCUT2D eigenvalue weighted by atomic mass is 16.5. The lowest BCUT2D eigenvalue weighted by Crippen LogP contribution is -1.90. The minimum absolute atomic E-state index is 0.687. The van der Waals surface area contributed by atoms with Crippen molar-refractivity contribution in [2.45, 2.75) is 13.8 Å². The number of hydrogen-bond acceptors (Lipinski definition) is 2. The molecule has 0 unspecified atom stereocenters. The number of nitriles is 1. The van der Waals surface area contributed by atoms with E-state index in [1.807, 2.05) is 19.9 Å². The van der Waals surface area contributed by atoms with Gasteiger partial charge in [0.1, 0.15) is 5.75 Å². The quantitative estimate of drug-likeness (QED) is 0.632. The zero-order chi connectivity index (χ0) is 9.14. The number of nitrogens with zero attached hydrogens (tertiary/aromatic N) is 1. The van der Waals surface area contributed by atoms with Crippen LogP contribution in [0.5, 0.6) is 5.75 Å². The monoisotopic (exact) mass is 161 g/mol. The first-order valence-electron chi connectivity index (χ1n) is 3.74. The second-order valence-corrected chi connectivity index (χ2v) is 2.73. The third-order valence-electron chi connectivity index (χ3n) is 2.00. The van der Waals surface area contributed by atoms with Gasteiger partial charge in [-0.1, -0.05) is 0 Å². The molecular formula is C10H11NO. The summed E-state index contributed by atoms with van der Waals surface area (Å²) in [5.74, 6) is 0.745. The summed E-state index contributed by atoms with van der Waals surface area (Å²) in [6.45, 7) is 3.91. The number of rotatable bonds is 1. The van der Waals surface area contributed by atoms with Gasteiger partial charge in [-0.25, -0.2) is 0 Å². The molecular weight excluding hydrogens is 150 g/mol. The van der Waals surface area contributed by atoms with Crippen LogP contribution in [0.4, 0.5) is 0 Å². The highest BCUT2D eigenvalue weighted by Crippen LogP contribution is 2.20. The van der Waals surface area contributed by atoms with E-state index in [9.17, 15) is 0 Å². The fraction of sp³-hybridized carbons (Fsp3) is 0.300. The molecule has 0 aromatic heterocycles. The number of aryl methyl sites for hydroxylation is 1. The van der Waals surface area contributed by atoms with E-state index in [2.05, 4.69) is 6.07 Å². The van der Waals surface area contributed by atoms with Crippen LogP contribution in [0.1, 0.15) is 16.7 Å². The maximum Gasteiger partial charge on any atom is 0.120 e. The van der Waals surface area contributed by atoms with Gasteiger partial charge in [0.15, 0.2) is 0 Å². The lowest BCUT2D eigenvalue weighted by Gasteiger charge is -2.05. The molecule has 62 valence electrons. The molecule has 0 radical (unpaired) electrons. The molecule has 0 fully saturated rings. The third-order valence-corrected chi connectivity index (χ3v) is 2.00. The average Bonchev–Trinajstić information content (AvgIpc) is 2.09. The van der Waals surface area contributed by atoms with Gasteiger partial charge < -0.3 is 4.74 Å². The molecule has 0 aliphatic heterocycles. The van der Waals surface area contributed by atoms with Crippen LogP contribution in [-0.2, 0) is 0 Å². The first-order chi connectivity index (χ1) is 5.69. The van der Waals surface area contributed by atoms with Crippen LogP contribution in [0.2, 0.25) is 0 Å². The Labute approximate surface area is 72.4 Å². The number of methoxy groups -OCH3 is 1. The van der Waals surface area contributed by atoms with Gasteiger partial charge in [0.2, 0.25) is 0 Å². The Bertz CT molecular complexity index is 336. The third kappa shape index (κ3) is 1.40. The standard InChI is InChI=1S/C10H11NO/c1-7-4-10(12-3)5-9(6-11)8(7)2/h4-5H,1-3H3. The Morgan fingerprint density at radius 2 is 2.00 bits per heavy atom. The van der Waals surface area contributed by atoms with Gasteiger partial charge in [-0.3, -0.25) is 0 Å². The fourth-order valence-corrected chi connectivity index (χ4v) is 1.06. The number of ether oxygens (including phenoxy) is 1. The van der Waals surface area contributed by atoms with Crippen LogP contribution in [0, 0.1) is 25.2 Å². The van der Waals surface area contributed by atoms with Gasteiger partial charge in [-0.15, -0.1) is 0 Å². The summed E-state index contributed by atoms with van der Waals surface area (Å²) in [7, 11) is 1.60. The van der Waals surface area contributed by atoms with Gasteiger partial charge in [-0.2, -0.15) is 5.26 Å². The van der Waals surface area contributed by atoms with Crippen molar-refractivity contribution in [3.8, 4) is 11.8 Å². The van der Waals surface area contributed by atoms with E-state index in [1.165, 1.54) is 0 Å². The molecule has 1 aromatic rings. The lowest BCUT2D eigenvalue weighted by atomic mass is 10.0. The van der Waals surface area contributed by atoms with E-state index in [1.54, 1.807) is 13.2 Å².